The minimum absolute atomic E-state index is 0.0178. The number of rotatable bonds is 4. The highest BCUT2D eigenvalue weighted by Crippen LogP contribution is 2.26. The molecule has 0 aliphatic carbocycles. The summed E-state index contributed by atoms with van der Waals surface area (Å²) in [7, 11) is 0. The van der Waals surface area contributed by atoms with Crippen LogP contribution in [0.25, 0.3) is 0 Å². The van der Waals surface area contributed by atoms with Crippen molar-refractivity contribution in [2.45, 2.75) is 33.2 Å². The van der Waals surface area contributed by atoms with Gasteiger partial charge in [-0.15, -0.1) is 0 Å². The van der Waals surface area contributed by atoms with E-state index in [1.54, 1.807) is 0 Å². The van der Waals surface area contributed by atoms with Crippen LogP contribution in [0.2, 0.25) is 0 Å². The number of aryl methyl sites for hydroxylation is 2. The van der Waals surface area contributed by atoms with Crippen LogP contribution in [0, 0.1) is 6.92 Å². The van der Waals surface area contributed by atoms with Gasteiger partial charge in [0.05, 0.1) is 0 Å². The fourth-order valence-corrected chi connectivity index (χ4v) is 2.06. The first-order valence-corrected chi connectivity index (χ1v) is 6.72. The fraction of sp³-hybridized carbons (Fsp3) is 0.294. The van der Waals surface area contributed by atoms with Crippen molar-refractivity contribution in [2.75, 3.05) is 0 Å². The Morgan fingerprint density at radius 2 is 1.89 bits per heavy atom. The van der Waals surface area contributed by atoms with Crippen molar-refractivity contribution in [3.05, 3.63) is 59.2 Å². The van der Waals surface area contributed by atoms with Crippen molar-refractivity contribution in [2.24, 2.45) is 5.73 Å². The van der Waals surface area contributed by atoms with Gasteiger partial charge in [0.1, 0.15) is 11.5 Å². The number of hydrogen-bond acceptors (Lipinski definition) is 2. The second-order valence-electron chi connectivity index (χ2n) is 4.97. The number of nitrogens with two attached hydrogens (primary N) is 1. The number of benzene rings is 2. The van der Waals surface area contributed by atoms with E-state index in [1.807, 2.05) is 31.2 Å². The van der Waals surface area contributed by atoms with Gasteiger partial charge in [-0.2, -0.15) is 0 Å². The van der Waals surface area contributed by atoms with E-state index in [1.165, 1.54) is 5.56 Å². The average Bonchev–Trinajstić information content (AvgIpc) is 2.38. The first kappa shape index (κ1) is 13.6. The Kier molecular flexibility index (Phi) is 4.23. The Morgan fingerprint density at radius 3 is 2.58 bits per heavy atom. The monoisotopic (exact) mass is 255 g/mol. The standard InChI is InChI=1S/C17H21NO/c1-4-14-6-5-7-16(10-14)19-17-9-12(2)8-15(11-17)13(3)18/h5-11,13H,4,18H2,1-3H3. The molecule has 0 bridgehead atoms. The third-order valence-electron chi connectivity index (χ3n) is 3.14. The molecule has 0 radical (unpaired) electrons. The molecule has 0 aromatic heterocycles. The zero-order chi connectivity index (χ0) is 13.8. The highest BCUT2D eigenvalue weighted by molar-refractivity contribution is 5.39. The van der Waals surface area contributed by atoms with E-state index >= 15 is 0 Å². The highest BCUT2D eigenvalue weighted by atomic mass is 16.5. The molecule has 1 atom stereocenters. The molecule has 0 saturated carbocycles. The van der Waals surface area contributed by atoms with Crippen molar-refractivity contribution < 1.29 is 4.74 Å². The summed E-state index contributed by atoms with van der Waals surface area (Å²) in [6, 6.07) is 14.3. The maximum absolute atomic E-state index is 5.94. The van der Waals surface area contributed by atoms with Crippen molar-refractivity contribution in [3.63, 3.8) is 0 Å². The molecule has 0 fully saturated rings. The first-order valence-electron chi connectivity index (χ1n) is 6.72. The molecule has 2 rings (SSSR count). The molecule has 0 aliphatic rings. The molecule has 1 unspecified atom stereocenters. The fourth-order valence-electron chi connectivity index (χ4n) is 2.06. The second kappa shape index (κ2) is 5.89. The van der Waals surface area contributed by atoms with Gasteiger partial charge in [0.2, 0.25) is 0 Å². The molecule has 0 aliphatic heterocycles. The first-order chi connectivity index (χ1) is 9.08. The molecule has 0 heterocycles. The van der Waals surface area contributed by atoms with Gasteiger partial charge in [-0.1, -0.05) is 25.1 Å². The van der Waals surface area contributed by atoms with Crippen LogP contribution < -0.4 is 10.5 Å². The van der Waals surface area contributed by atoms with Crippen LogP contribution in [0.3, 0.4) is 0 Å². The van der Waals surface area contributed by atoms with Gasteiger partial charge in [0.25, 0.3) is 0 Å². The van der Waals surface area contributed by atoms with E-state index in [9.17, 15) is 0 Å². The van der Waals surface area contributed by atoms with Gasteiger partial charge in [-0.05, 0) is 61.2 Å². The third kappa shape index (κ3) is 3.58. The normalized spacial score (nSPS) is 12.2. The summed E-state index contributed by atoms with van der Waals surface area (Å²) in [5.41, 5.74) is 9.47. The molecule has 2 heteroatoms. The topological polar surface area (TPSA) is 35.2 Å². The van der Waals surface area contributed by atoms with Crippen LogP contribution >= 0.6 is 0 Å². The highest BCUT2D eigenvalue weighted by Gasteiger charge is 2.05. The second-order valence-corrected chi connectivity index (χ2v) is 4.97. The van der Waals surface area contributed by atoms with Gasteiger partial charge >= 0.3 is 0 Å². The number of hydrogen-bond donors (Lipinski definition) is 1. The predicted octanol–water partition coefficient (Wildman–Crippen LogP) is 4.37. The quantitative estimate of drug-likeness (QED) is 0.880. The lowest BCUT2D eigenvalue weighted by Crippen LogP contribution is -2.05. The van der Waals surface area contributed by atoms with E-state index in [-0.39, 0.29) is 6.04 Å². The lowest BCUT2D eigenvalue weighted by Gasteiger charge is -2.12. The number of ether oxygens (including phenoxy) is 1. The maximum Gasteiger partial charge on any atom is 0.128 e. The van der Waals surface area contributed by atoms with Crippen LogP contribution in [-0.2, 0) is 6.42 Å². The molecule has 2 N–H and O–H groups in total. The zero-order valence-corrected chi connectivity index (χ0v) is 11.8. The van der Waals surface area contributed by atoms with E-state index in [0.29, 0.717) is 0 Å². The Balaban J connectivity index is 2.27. The average molecular weight is 255 g/mol. The molecule has 2 nitrogen and oxygen atoms in total. The summed E-state index contributed by atoms with van der Waals surface area (Å²) >= 11 is 0. The largest absolute Gasteiger partial charge is 0.457 e. The van der Waals surface area contributed by atoms with Gasteiger partial charge < -0.3 is 10.5 Å². The van der Waals surface area contributed by atoms with Crippen LogP contribution in [0.5, 0.6) is 11.5 Å². The summed E-state index contributed by atoms with van der Waals surface area (Å²) in [6.07, 6.45) is 1.01. The Hall–Kier alpha value is -1.80. The summed E-state index contributed by atoms with van der Waals surface area (Å²) in [5, 5.41) is 0. The molecule has 0 saturated heterocycles. The van der Waals surface area contributed by atoms with E-state index in [2.05, 4.69) is 32.0 Å². The van der Waals surface area contributed by atoms with Crippen LogP contribution in [0.1, 0.15) is 36.6 Å². The van der Waals surface area contributed by atoms with Crippen molar-refractivity contribution in [1.82, 2.24) is 0 Å². The molecule has 2 aromatic carbocycles. The molecular formula is C17H21NO. The summed E-state index contributed by atoms with van der Waals surface area (Å²) in [6.45, 7) is 6.18. The zero-order valence-electron chi connectivity index (χ0n) is 11.8. The summed E-state index contributed by atoms with van der Waals surface area (Å²) < 4.78 is 5.94. The minimum Gasteiger partial charge on any atom is -0.457 e. The van der Waals surface area contributed by atoms with Crippen LogP contribution in [0.15, 0.2) is 42.5 Å². The van der Waals surface area contributed by atoms with Gasteiger partial charge in [0.15, 0.2) is 0 Å². The van der Waals surface area contributed by atoms with Gasteiger partial charge in [-0.3, -0.25) is 0 Å². The molecule has 0 spiro atoms. The summed E-state index contributed by atoms with van der Waals surface area (Å²) in [4.78, 5) is 0. The van der Waals surface area contributed by atoms with Crippen molar-refractivity contribution in [3.8, 4) is 11.5 Å². The van der Waals surface area contributed by atoms with E-state index in [4.69, 9.17) is 10.5 Å². The maximum atomic E-state index is 5.94. The Morgan fingerprint density at radius 1 is 1.11 bits per heavy atom. The minimum atomic E-state index is 0.0178. The van der Waals surface area contributed by atoms with Crippen LogP contribution in [-0.4, -0.2) is 0 Å². The lowest BCUT2D eigenvalue weighted by molar-refractivity contribution is 0.480. The molecule has 0 amide bonds. The van der Waals surface area contributed by atoms with Crippen molar-refractivity contribution >= 4 is 0 Å². The smallest absolute Gasteiger partial charge is 0.128 e. The van der Waals surface area contributed by atoms with Crippen LogP contribution in [0.4, 0.5) is 0 Å². The Bertz CT molecular complexity index is 561. The van der Waals surface area contributed by atoms with Crippen molar-refractivity contribution in [1.29, 1.82) is 0 Å². The molecule has 100 valence electrons. The van der Waals surface area contributed by atoms with E-state index in [0.717, 1.165) is 29.0 Å². The SMILES string of the molecule is CCc1cccc(Oc2cc(C)cc(C(C)N)c2)c1. The summed E-state index contributed by atoms with van der Waals surface area (Å²) in [5.74, 6) is 1.72. The third-order valence-corrected chi connectivity index (χ3v) is 3.14. The predicted molar refractivity (Wildman–Crippen MR) is 79.7 cm³/mol. The van der Waals surface area contributed by atoms with E-state index < -0.39 is 0 Å². The molecule has 2 aromatic rings. The lowest BCUT2D eigenvalue weighted by atomic mass is 10.1. The molecule has 19 heavy (non-hydrogen) atoms. The Labute approximate surface area is 115 Å². The van der Waals surface area contributed by atoms with Gasteiger partial charge in [-0.25, -0.2) is 0 Å². The van der Waals surface area contributed by atoms with Gasteiger partial charge in [0, 0.05) is 6.04 Å². The molecular weight excluding hydrogens is 234 g/mol.